The molecule has 1 atom stereocenters. The molecule has 0 fully saturated rings. The minimum absolute atomic E-state index is 0.259. The van der Waals surface area contributed by atoms with Crippen molar-refractivity contribution in [2.75, 3.05) is 20.3 Å². The second-order valence-electron chi connectivity index (χ2n) is 7.43. The second-order valence-corrected chi connectivity index (χ2v) is 7.43. The summed E-state index contributed by atoms with van der Waals surface area (Å²) in [4.78, 5) is 4.61. The van der Waals surface area contributed by atoms with Crippen molar-refractivity contribution in [1.82, 2.24) is 4.98 Å². The largest absolute Gasteiger partial charge is 0.490 e. The first-order valence-electron chi connectivity index (χ1n) is 9.97. The molecule has 0 aliphatic rings. The number of hydrogen-bond acceptors (Lipinski definition) is 4. The van der Waals surface area contributed by atoms with E-state index in [0.29, 0.717) is 24.8 Å². The molecule has 0 amide bonds. The van der Waals surface area contributed by atoms with Crippen molar-refractivity contribution in [3.63, 3.8) is 0 Å². The first-order chi connectivity index (χ1) is 14.1. The average Bonchev–Trinajstić information content (AvgIpc) is 3.17. The summed E-state index contributed by atoms with van der Waals surface area (Å²) in [5.41, 5.74) is 3.87. The zero-order chi connectivity index (χ0) is 20.6. The number of benzene rings is 2. The van der Waals surface area contributed by atoms with Gasteiger partial charge in [0.2, 0.25) is 5.89 Å². The summed E-state index contributed by atoms with van der Waals surface area (Å²) in [6.45, 7) is 5.13. The van der Waals surface area contributed by atoms with Gasteiger partial charge in [-0.1, -0.05) is 31.2 Å². The fraction of sp³-hybridized carbons (Fsp3) is 0.375. The van der Waals surface area contributed by atoms with Crippen LogP contribution in [0.3, 0.4) is 0 Å². The molecule has 5 heteroatoms. The molecule has 0 radical (unpaired) electrons. The highest BCUT2D eigenvalue weighted by Crippen LogP contribution is 2.25. The summed E-state index contributed by atoms with van der Waals surface area (Å²) in [5, 5.41) is 0. The highest BCUT2D eigenvalue weighted by molar-refractivity contribution is 5.58. The number of aryl methyl sites for hydroxylation is 2. The Morgan fingerprint density at radius 2 is 1.97 bits per heavy atom. The monoisotopic (exact) mass is 397 g/mol. The molecule has 29 heavy (non-hydrogen) atoms. The van der Waals surface area contributed by atoms with E-state index in [2.05, 4.69) is 18.0 Å². The van der Waals surface area contributed by atoms with Gasteiger partial charge in [-0.15, -0.1) is 0 Å². The molecule has 1 heterocycles. The number of hydrogen-bond donors (Lipinski definition) is 0. The van der Waals surface area contributed by atoms with Crippen LogP contribution in [-0.2, 0) is 17.6 Å². The van der Waals surface area contributed by atoms with E-state index in [1.165, 1.54) is 11.6 Å². The number of aromatic nitrogens is 1. The van der Waals surface area contributed by atoms with Crippen LogP contribution >= 0.6 is 0 Å². The molecule has 0 N–H and O–H groups in total. The van der Waals surface area contributed by atoms with Gasteiger partial charge in [0, 0.05) is 25.7 Å². The number of oxazole rings is 1. The Kier molecular flexibility index (Phi) is 7.42. The Bertz CT molecular complexity index is 922. The highest BCUT2D eigenvalue weighted by atomic mass is 19.1. The molecule has 154 valence electrons. The minimum Gasteiger partial charge on any atom is -0.490 e. The van der Waals surface area contributed by atoms with E-state index in [1.54, 1.807) is 19.4 Å². The predicted octanol–water partition coefficient (Wildman–Crippen LogP) is 5.63. The van der Waals surface area contributed by atoms with Gasteiger partial charge in [-0.2, -0.15) is 0 Å². The van der Waals surface area contributed by atoms with Gasteiger partial charge in [0.05, 0.1) is 12.3 Å². The molecule has 0 spiro atoms. The Balaban J connectivity index is 1.61. The van der Waals surface area contributed by atoms with E-state index < -0.39 is 0 Å². The number of nitrogens with zero attached hydrogens (tertiary/aromatic N) is 1. The lowest BCUT2D eigenvalue weighted by atomic mass is 9.98. The van der Waals surface area contributed by atoms with E-state index in [1.807, 2.05) is 31.2 Å². The summed E-state index contributed by atoms with van der Waals surface area (Å²) in [7, 11) is 1.73. The summed E-state index contributed by atoms with van der Waals surface area (Å²) >= 11 is 0. The summed E-state index contributed by atoms with van der Waals surface area (Å²) in [6, 6.07) is 13.1. The molecular weight excluding hydrogens is 369 g/mol. The SMILES string of the molecule is COCC(C)CCc1ccccc1-c1nc(CCOc2ccc(C)cc2F)co1. The second kappa shape index (κ2) is 10.2. The van der Waals surface area contributed by atoms with Crippen LogP contribution in [-0.4, -0.2) is 25.3 Å². The molecule has 3 aromatic rings. The third-order valence-corrected chi connectivity index (χ3v) is 4.86. The van der Waals surface area contributed by atoms with Crippen molar-refractivity contribution in [2.24, 2.45) is 5.92 Å². The number of halogens is 1. The standard InChI is InChI=1S/C24H28FNO3/c1-17-9-11-23(22(25)14-17)28-13-12-20-16-29-24(26-20)21-7-5-4-6-19(21)10-8-18(2)15-27-3/h4-7,9,11,14,16,18H,8,10,12-13,15H2,1-3H3. The Morgan fingerprint density at radius 1 is 1.14 bits per heavy atom. The van der Waals surface area contributed by atoms with Gasteiger partial charge in [-0.3, -0.25) is 0 Å². The van der Waals surface area contributed by atoms with Gasteiger partial charge < -0.3 is 13.9 Å². The smallest absolute Gasteiger partial charge is 0.226 e. The molecule has 2 aromatic carbocycles. The van der Waals surface area contributed by atoms with E-state index in [0.717, 1.165) is 36.3 Å². The molecule has 1 aromatic heterocycles. The molecule has 0 aliphatic heterocycles. The van der Waals surface area contributed by atoms with Crippen LogP contribution in [0.4, 0.5) is 4.39 Å². The average molecular weight is 397 g/mol. The van der Waals surface area contributed by atoms with Crippen LogP contribution in [0, 0.1) is 18.7 Å². The van der Waals surface area contributed by atoms with Crippen molar-refractivity contribution in [3.05, 3.63) is 71.4 Å². The number of ether oxygens (including phenoxy) is 2. The first-order valence-corrected chi connectivity index (χ1v) is 9.97. The molecule has 1 unspecified atom stereocenters. The van der Waals surface area contributed by atoms with Gasteiger partial charge in [-0.05, 0) is 55.0 Å². The van der Waals surface area contributed by atoms with Crippen molar-refractivity contribution >= 4 is 0 Å². The van der Waals surface area contributed by atoms with Crippen LogP contribution in [0.5, 0.6) is 5.75 Å². The van der Waals surface area contributed by atoms with Gasteiger partial charge in [0.1, 0.15) is 6.26 Å². The van der Waals surface area contributed by atoms with Crippen LogP contribution in [0.2, 0.25) is 0 Å². The maximum absolute atomic E-state index is 13.9. The molecular formula is C24H28FNO3. The molecule has 0 saturated heterocycles. The molecule has 3 rings (SSSR count). The fourth-order valence-electron chi connectivity index (χ4n) is 3.25. The Morgan fingerprint density at radius 3 is 2.76 bits per heavy atom. The van der Waals surface area contributed by atoms with Gasteiger partial charge in [0.25, 0.3) is 0 Å². The lowest BCUT2D eigenvalue weighted by Gasteiger charge is -2.11. The van der Waals surface area contributed by atoms with Crippen molar-refractivity contribution in [2.45, 2.75) is 33.1 Å². The van der Waals surface area contributed by atoms with Crippen molar-refractivity contribution in [3.8, 4) is 17.2 Å². The molecule has 0 bridgehead atoms. The van der Waals surface area contributed by atoms with Crippen LogP contribution in [0.1, 0.15) is 30.2 Å². The Hall–Kier alpha value is -2.66. The predicted molar refractivity (Wildman–Crippen MR) is 112 cm³/mol. The highest BCUT2D eigenvalue weighted by Gasteiger charge is 2.13. The van der Waals surface area contributed by atoms with Crippen LogP contribution in [0.25, 0.3) is 11.5 Å². The van der Waals surface area contributed by atoms with Gasteiger partial charge >= 0.3 is 0 Å². The van der Waals surface area contributed by atoms with E-state index in [4.69, 9.17) is 13.9 Å². The van der Waals surface area contributed by atoms with E-state index in [-0.39, 0.29) is 11.6 Å². The normalized spacial score (nSPS) is 12.1. The maximum atomic E-state index is 13.9. The van der Waals surface area contributed by atoms with Gasteiger partial charge in [-0.25, -0.2) is 9.37 Å². The summed E-state index contributed by atoms with van der Waals surface area (Å²) in [5.74, 6) is 1.02. The first kappa shape index (κ1) is 21.1. The lowest BCUT2D eigenvalue weighted by molar-refractivity contribution is 0.156. The van der Waals surface area contributed by atoms with Crippen molar-refractivity contribution in [1.29, 1.82) is 0 Å². The molecule has 4 nitrogen and oxygen atoms in total. The molecule has 0 saturated carbocycles. The maximum Gasteiger partial charge on any atom is 0.226 e. The minimum atomic E-state index is -0.345. The third kappa shape index (κ3) is 5.91. The quantitative estimate of drug-likeness (QED) is 0.445. The number of methoxy groups -OCH3 is 1. The topological polar surface area (TPSA) is 44.5 Å². The lowest BCUT2D eigenvalue weighted by Crippen LogP contribution is -2.05. The van der Waals surface area contributed by atoms with Crippen LogP contribution in [0.15, 0.2) is 53.1 Å². The van der Waals surface area contributed by atoms with Crippen molar-refractivity contribution < 1.29 is 18.3 Å². The summed E-state index contributed by atoms with van der Waals surface area (Å²) in [6.07, 6.45) is 4.17. The summed E-state index contributed by atoms with van der Waals surface area (Å²) < 4.78 is 30.4. The van der Waals surface area contributed by atoms with Gasteiger partial charge in [0.15, 0.2) is 11.6 Å². The zero-order valence-electron chi connectivity index (χ0n) is 17.3. The fourth-order valence-corrected chi connectivity index (χ4v) is 3.25. The number of rotatable bonds is 10. The Labute approximate surface area is 171 Å². The third-order valence-electron chi connectivity index (χ3n) is 4.86. The van der Waals surface area contributed by atoms with E-state index in [9.17, 15) is 4.39 Å². The van der Waals surface area contributed by atoms with E-state index >= 15 is 0 Å². The van der Waals surface area contributed by atoms with Crippen LogP contribution < -0.4 is 4.74 Å². The zero-order valence-corrected chi connectivity index (χ0v) is 17.3. The molecule has 0 aliphatic carbocycles.